The van der Waals surface area contributed by atoms with Gasteiger partial charge in [-0.2, -0.15) is 15.3 Å². The maximum atomic E-state index is 12.0. The van der Waals surface area contributed by atoms with Gasteiger partial charge in [-0.3, -0.25) is 0 Å². The van der Waals surface area contributed by atoms with E-state index in [0.29, 0.717) is 28.5 Å². The largest absolute Gasteiger partial charge is 0.461 e. The number of carbonyl (C=O) groups is 1. The second-order valence-corrected chi connectivity index (χ2v) is 4.43. The van der Waals surface area contributed by atoms with E-state index in [1.165, 1.54) is 0 Å². The van der Waals surface area contributed by atoms with Crippen LogP contribution in [0.2, 0.25) is 0 Å². The van der Waals surface area contributed by atoms with Crippen molar-refractivity contribution in [2.24, 2.45) is 0 Å². The topological polar surface area (TPSA) is 107 Å². The molecule has 22 heavy (non-hydrogen) atoms. The highest BCUT2D eigenvalue weighted by atomic mass is 16.5. The molecule has 3 aromatic rings. The van der Waals surface area contributed by atoms with Crippen LogP contribution in [0.5, 0.6) is 0 Å². The van der Waals surface area contributed by atoms with Gasteiger partial charge in [-0.15, -0.1) is 5.10 Å². The Morgan fingerprint density at radius 1 is 1.27 bits per heavy atom. The first-order valence-electron chi connectivity index (χ1n) is 6.68. The zero-order valence-electron chi connectivity index (χ0n) is 12.0. The van der Waals surface area contributed by atoms with Crippen LogP contribution in [0.25, 0.3) is 22.7 Å². The lowest BCUT2D eigenvalue weighted by atomic mass is 10.0. The summed E-state index contributed by atoms with van der Waals surface area (Å²) >= 11 is 0. The smallest absolute Gasteiger partial charge is 0.361 e. The van der Waals surface area contributed by atoms with Crippen LogP contribution in [-0.2, 0) is 4.74 Å². The van der Waals surface area contributed by atoms with E-state index in [9.17, 15) is 4.79 Å². The third-order valence-electron chi connectivity index (χ3n) is 2.96. The van der Waals surface area contributed by atoms with Gasteiger partial charge >= 0.3 is 5.97 Å². The van der Waals surface area contributed by atoms with Crippen molar-refractivity contribution < 1.29 is 14.1 Å². The van der Waals surface area contributed by atoms with Crippen LogP contribution in [0, 0.1) is 6.92 Å². The number of ether oxygens (including phenoxy) is 1. The van der Waals surface area contributed by atoms with Crippen LogP contribution < -0.4 is 0 Å². The van der Waals surface area contributed by atoms with Crippen molar-refractivity contribution in [1.29, 1.82) is 0 Å². The van der Waals surface area contributed by atoms with Crippen LogP contribution in [0.3, 0.4) is 0 Å². The number of aromatic nitrogens is 5. The fraction of sp³-hybridized carbons (Fsp3) is 0.214. The molecule has 1 N–H and O–H groups in total. The molecule has 0 atom stereocenters. The normalized spacial score (nSPS) is 10.6. The standard InChI is InChI=1S/C14H13N5O3/c1-3-21-14(20)12-11(16-19-17-12)9-6-4-5-7-10(9)13-15-8(2)18-22-13/h4-7H,3H2,1-2H3,(H,16,17,19). The number of carbonyl (C=O) groups excluding carboxylic acids is 1. The monoisotopic (exact) mass is 299 g/mol. The highest BCUT2D eigenvalue weighted by Crippen LogP contribution is 2.31. The van der Waals surface area contributed by atoms with Crippen LogP contribution in [-0.4, -0.2) is 38.1 Å². The molecule has 0 aliphatic carbocycles. The first kappa shape index (κ1) is 13.9. The number of nitrogens with one attached hydrogen (secondary N) is 1. The van der Waals surface area contributed by atoms with Crippen molar-refractivity contribution in [3.8, 4) is 22.7 Å². The molecule has 0 aliphatic rings. The second kappa shape index (κ2) is 5.76. The number of aromatic amines is 1. The molecular weight excluding hydrogens is 286 g/mol. The van der Waals surface area contributed by atoms with Crippen molar-refractivity contribution in [2.75, 3.05) is 6.61 Å². The van der Waals surface area contributed by atoms with Crippen LogP contribution in [0.15, 0.2) is 28.8 Å². The van der Waals surface area contributed by atoms with E-state index in [4.69, 9.17) is 9.26 Å². The van der Waals surface area contributed by atoms with Crippen LogP contribution in [0.4, 0.5) is 0 Å². The first-order chi connectivity index (χ1) is 10.7. The molecule has 0 amide bonds. The van der Waals surface area contributed by atoms with Gasteiger partial charge in [0.05, 0.1) is 6.61 Å². The highest BCUT2D eigenvalue weighted by molar-refractivity contribution is 5.96. The van der Waals surface area contributed by atoms with Gasteiger partial charge in [0.15, 0.2) is 11.5 Å². The number of nitrogens with zero attached hydrogens (tertiary/aromatic N) is 4. The number of hydrogen-bond donors (Lipinski definition) is 1. The van der Waals surface area contributed by atoms with E-state index in [2.05, 4.69) is 25.6 Å². The van der Waals surface area contributed by atoms with E-state index in [-0.39, 0.29) is 12.3 Å². The Hall–Kier alpha value is -3.03. The lowest BCUT2D eigenvalue weighted by Crippen LogP contribution is -2.07. The van der Waals surface area contributed by atoms with Gasteiger partial charge in [0.2, 0.25) is 0 Å². The number of esters is 1. The van der Waals surface area contributed by atoms with Crippen molar-refractivity contribution in [3.05, 3.63) is 35.8 Å². The molecule has 8 nitrogen and oxygen atoms in total. The van der Waals surface area contributed by atoms with Gasteiger partial charge in [0.1, 0.15) is 5.69 Å². The fourth-order valence-corrected chi connectivity index (χ4v) is 2.04. The number of rotatable bonds is 4. The van der Waals surface area contributed by atoms with Gasteiger partial charge < -0.3 is 9.26 Å². The average Bonchev–Trinajstić information content (AvgIpc) is 3.16. The van der Waals surface area contributed by atoms with Gasteiger partial charge in [0.25, 0.3) is 5.89 Å². The highest BCUT2D eigenvalue weighted by Gasteiger charge is 2.22. The summed E-state index contributed by atoms with van der Waals surface area (Å²) < 4.78 is 10.2. The number of aryl methyl sites for hydroxylation is 1. The van der Waals surface area contributed by atoms with E-state index >= 15 is 0 Å². The van der Waals surface area contributed by atoms with Crippen LogP contribution in [0.1, 0.15) is 23.2 Å². The van der Waals surface area contributed by atoms with Gasteiger partial charge in [0, 0.05) is 11.1 Å². The Morgan fingerprint density at radius 2 is 2.05 bits per heavy atom. The molecule has 0 unspecified atom stereocenters. The molecule has 0 radical (unpaired) electrons. The molecule has 1 aromatic carbocycles. The molecule has 112 valence electrons. The Morgan fingerprint density at radius 3 is 2.73 bits per heavy atom. The molecule has 8 heteroatoms. The van der Waals surface area contributed by atoms with E-state index in [1.807, 2.05) is 18.2 Å². The minimum atomic E-state index is -0.539. The molecule has 0 saturated carbocycles. The lowest BCUT2D eigenvalue weighted by Gasteiger charge is -2.04. The summed E-state index contributed by atoms with van der Waals surface area (Å²) in [5.41, 5.74) is 1.82. The lowest BCUT2D eigenvalue weighted by molar-refractivity contribution is 0.0520. The molecule has 2 heterocycles. The summed E-state index contributed by atoms with van der Waals surface area (Å²) in [7, 11) is 0. The van der Waals surface area contributed by atoms with Crippen molar-refractivity contribution in [1.82, 2.24) is 25.6 Å². The Bertz CT molecular complexity index is 808. The zero-order chi connectivity index (χ0) is 15.5. The van der Waals surface area contributed by atoms with Crippen LogP contribution >= 0.6 is 0 Å². The third-order valence-corrected chi connectivity index (χ3v) is 2.96. The fourth-order valence-electron chi connectivity index (χ4n) is 2.04. The molecule has 0 aliphatic heterocycles. The minimum absolute atomic E-state index is 0.116. The maximum absolute atomic E-state index is 12.0. The van der Waals surface area contributed by atoms with Gasteiger partial charge in [-0.05, 0) is 19.9 Å². The molecule has 0 spiro atoms. The van der Waals surface area contributed by atoms with E-state index < -0.39 is 5.97 Å². The summed E-state index contributed by atoms with van der Waals surface area (Å²) in [6, 6.07) is 7.27. The number of hydrogen-bond acceptors (Lipinski definition) is 7. The quantitative estimate of drug-likeness (QED) is 0.734. The molecular formula is C14H13N5O3. The molecule has 0 fully saturated rings. The maximum Gasteiger partial charge on any atom is 0.361 e. The summed E-state index contributed by atoms with van der Waals surface area (Å²) in [6.45, 7) is 3.72. The first-order valence-corrected chi connectivity index (χ1v) is 6.68. The minimum Gasteiger partial charge on any atom is -0.461 e. The summed E-state index contributed by atoms with van der Waals surface area (Å²) in [5.74, 6) is 0.337. The predicted octanol–water partition coefficient (Wildman–Crippen LogP) is 2.01. The van der Waals surface area contributed by atoms with E-state index in [0.717, 1.165) is 0 Å². The van der Waals surface area contributed by atoms with Crippen molar-refractivity contribution in [2.45, 2.75) is 13.8 Å². The molecule has 0 bridgehead atoms. The SMILES string of the molecule is CCOC(=O)c1n[nH]nc1-c1ccccc1-c1nc(C)no1. The predicted molar refractivity (Wildman–Crippen MR) is 75.8 cm³/mol. The number of benzene rings is 1. The van der Waals surface area contributed by atoms with Gasteiger partial charge in [-0.1, -0.05) is 23.4 Å². The van der Waals surface area contributed by atoms with Crippen molar-refractivity contribution in [3.63, 3.8) is 0 Å². The van der Waals surface area contributed by atoms with Gasteiger partial charge in [-0.25, -0.2) is 4.79 Å². The summed E-state index contributed by atoms with van der Waals surface area (Å²) in [5, 5.41) is 14.2. The van der Waals surface area contributed by atoms with Crippen molar-refractivity contribution >= 4 is 5.97 Å². The van der Waals surface area contributed by atoms with E-state index in [1.54, 1.807) is 19.9 Å². The summed E-state index contributed by atoms with van der Waals surface area (Å²) in [6.07, 6.45) is 0. The Balaban J connectivity index is 2.11. The third kappa shape index (κ3) is 2.46. The molecule has 2 aromatic heterocycles. The Kier molecular flexibility index (Phi) is 3.65. The number of H-pyrrole nitrogens is 1. The molecule has 3 rings (SSSR count). The average molecular weight is 299 g/mol. The Labute approximate surface area is 125 Å². The molecule has 0 saturated heterocycles. The zero-order valence-corrected chi connectivity index (χ0v) is 12.0. The summed E-state index contributed by atoms with van der Waals surface area (Å²) in [4.78, 5) is 16.2. The second-order valence-electron chi connectivity index (χ2n) is 4.43.